The Labute approximate surface area is 165 Å². The SMILES string of the molecule is CCOc1cc([N+](=O)[O-])c(C(=O)O[C@H](C)C(=O)Nc2ccccc2F)cc1OC. The Bertz CT molecular complexity index is 933. The van der Waals surface area contributed by atoms with Gasteiger partial charge < -0.3 is 19.5 Å². The van der Waals surface area contributed by atoms with Crippen molar-refractivity contribution < 1.29 is 33.1 Å². The lowest BCUT2D eigenvalue weighted by molar-refractivity contribution is -0.385. The monoisotopic (exact) mass is 406 g/mol. The summed E-state index contributed by atoms with van der Waals surface area (Å²) in [5, 5.41) is 13.6. The number of nitro groups is 1. The van der Waals surface area contributed by atoms with E-state index in [1.165, 1.54) is 32.2 Å². The van der Waals surface area contributed by atoms with Gasteiger partial charge in [-0.05, 0) is 26.0 Å². The van der Waals surface area contributed by atoms with Gasteiger partial charge in [0.15, 0.2) is 17.6 Å². The number of nitro benzene ring substituents is 1. The number of carbonyl (C=O) groups excluding carboxylic acids is 2. The van der Waals surface area contributed by atoms with E-state index in [9.17, 15) is 24.1 Å². The molecule has 0 radical (unpaired) electrons. The van der Waals surface area contributed by atoms with E-state index in [4.69, 9.17) is 14.2 Å². The van der Waals surface area contributed by atoms with E-state index in [1.807, 2.05) is 0 Å². The maximum atomic E-state index is 13.6. The number of anilines is 1. The van der Waals surface area contributed by atoms with Crippen molar-refractivity contribution in [3.63, 3.8) is 0 Å². The second kappa shape index (κ2) is 9.49. The molecule has 0 bridgehead atoms. The van der Waals surface area contributed by atoms with Gasteiger partial charge in [0, 0.05) is 6.07 Å². The molecule has 0 heterocycles. The highest BCUT2D eigenvalue weighted by atomic mass is 19.1. The van der Waals surface area contributed by atoms with Crippen LogP contribution in [0.2, 0.25) is 0 Å². The lowest BCUT2D eigenvalue weighted by atomic mass is 10.1. The van der Waals surface area contributed by atoms with Crippen LogP contribution in [0, 0.1) is 15.9 Å². The van der Waals surface area contributed by atoms with Crippen LogP contribution >= 0.6 is 0 Å². The Morgan fingerprint density at radius 3 is 2.52 bits per heavy atom. The van der Waals surface area contributed by atoms with Gasteiger partial charge in [0.25, 0.3) is 11.6 Å². The summed E-state index contributed by atoms with van der Waals surface area (Å²) in [6.45, 7) is 3.17. The minimum atomic E-state index is -1.35. The third kappa shape index (κ3) is 5.18. The fourth-order valence-electron chi connectivity index (χ4n) is 2.37. The van der Waals surface area contributed by atoms with E-state index in [-0.39, 0.29) is 23.8 Å². The third-order valence-corrected chi connectivity index (χ3v) is 3.78. The van der Waals surface area contributed by atoms with Crippen LogP contribution in [0.15, 0.2) is 36.4 Å². The van der Waals surface area contributed by atoms with Crippen molar-refractivity contribution in [2.24, 2.45) is 0 Å². The fraction of sp³-hybridized carbons (Fsp3) is 0.263. The molecule has 154 valence electrons. The van der Waals surface area contributed by atoms with Gasteiger partial charge in [-0.25, -0.2) is 9.18 Å². The largest absolute Gasteiger partial charge is 0.493 e. The number of nitrogens with zero attached hydrogens (tertiary/aromatic N) is 1. The quantitative estimate of drug-likeness (QED) is 0.406. The van der Waals surface area contributed by atoms with Crippen LogP contribution < -0.4 is 14.8 Å². The van der Waals surface area contributed by atoms with Gasteiger partial charge in [0.1, 0.15) is 11.4 Å². The molecule has 2 aromatic carbocycles. The van der Waals surface area contributed by atoms with Crippen molar-refractivity contribution in [2.45, 2.75) is 20.0 Å². The first-order valence-corrected chi connectivity index (χ1v) is 8.54. The number of para-hydroxylation sites is 1. The standard InChI is InChI=1S/C19H19FN2O7/c1-4-28-17-10-15(22(25)26)12(9-16(17)27-3)19(24)29-11(2)18(23)21-14-8-6-5-7-13(14)20/h5-11H,4H2,1-3H3,(H,21,23)/t11-/m1/s1. The minimum absolute atomic E-state index is 0.0867. The first-order chi connectivity index (χ1) is 13.8. The zero-order valence-electron chi connectivity index (χ0n) is 15.9. The number of amides is 1. The Kier molecular flexibility index (Phi) is 7.07. The van der Waals surface area contributed by atoms with Gasteiger partial charge in [-0.2, -0.15) is 0 Å². The molecule has 0 fully saturated rings. The molecule has 2 aromatic rings. The van der Waals surface area contributed by atoms with E-state index in [2.05, 4.69) is 5.32 Å². The van der Waals surface area contributed by atoms with Crippen LogP contribution in [-0.4, -0.2) is 36.6 Å². The number of halogens is 1. The van der Waals surface area contributed by atoms with Crippen LogP contribution in [0.5, 0.6) is 11.5 Å². The number of rotatable bonds is 8. The first kappa shape index (κ1) is 21.6. The predicted molar refractivity (Wildman–Crippen MR) is 101 cm³/mol. The summed E-state index contributed by atoms with van der Waals surface area (Å²) < 4.78 is 29.0. The zero-order valence-corrected chi connectivity index (χ0v) is 15.9. The van der Waals surface area contributed by atoms with Crippen molar-refractivity contribution in [2.75, 3.05) is 19.0 Å². The molecule has 1 N–H and O–H groups in total. The molecule has 29 heavy (non-hydrogen) atoms. The Morgan fingerprint density at radius 1 is 1.24 bits per heavy atom. The third-order valence-electron chi connectivity index (χ3n) is 3.78. The molecule has 0 aliphatic heterocycles. The average molecular weight is 406 g/mol. The van der Waals surface area contributed by atoms with Crippen LogP contribution in [0.3, 0.4) is 0 Å². The average Bonchev–Trinajstić information content (AvgIpc) is 2.69. The molecule has 0 unspecified atom stereocenters. The maximum Gasteiger partial charge on any atom is 0.346 e. The molecule has 1 atom stereocenters. The summed E-state index contributed by atoms with van der Waals surface area (Å²) in [5.41, 5.74) is -1.07. The molecule has 0 aliphatic rings. The summed E-state index contributed by atoms with van der Waals surface area (Å²) >= 11 is 0. The maximum absolute atomic E-state index is 13.6. The molecule has 0 aromatic heterocycles. The number of hydrogen-bond donors (Lipinski definition) is 1. The number of benzene rings is 2. The number of carbonyl (C=O) groups is 2. The van der Waals surface area contributed by atoms with E-state index in [0.717, 1.165) is 18.2 Å². The first-order valence-electron chi connectivity index (χ1n) is 8.54. The smallest absolute Gasteiger partial charge is 0.346 e. The zero-order chi connectivity index (χ0) is 21.6. The predicted octanol–water partition coefficient (Wildman–Crippen LogP) is 3.33. The van der Waals surface area contributed by atoms with Gasteiger partial charge in [-0.3, -0.25) is 14.9 Å². The molecular weight excluding hydrogens is 387 g/mol. The Hall–Kier alpha value is -3.69. The molecule has 1 amide bonds. The lowest BCUT2D eigenvalue weighted by Gasteiger charge is -2.15. The molecular formula is C19H19FN2O7. The van der Waals surface area contributed by atoms with Gasteiger partial charge in [-0.1, -0.05) is 12.1 Å². The number of hydrogen-bond acceptors (Lipinski definition) is 7. The molecule has 0 aliphatic carbocycles. The van der Waals surface area contributed by atoms with Crippen molar-refractivity contribution in [3.05, 3.63) is 57.9 Å². The van der Waals surface area contributed by atoms with Gasteiger partial charge >= 0.3 is 5.97 Å². The summed E-state index contributed by atoms with van der Waals surface area (Å²) in [4.78, 5) is 35.2. The summed E-state index contributed by atoms with van der Waals surface area (Å²) in [6, 6.07) is 7.61. The highest BCUT2D eigenvalue weighted by Gasteiger charge is 2.28. The topological polar surface area (TPSA) is 117 Å². The fourth-order valence-corrected chi connectivity index (χ4v) is 2.37. The summed E-state index contributed by atoms with van der Waals surface area (Å²) in [7, 11) is 1.31. The highest BCUT2D eigenvalue weighted by molar-refractivity contribution is 5.99. The van der Waals surface area contributed by atoms with Gasteiger partial charge in [0.2, 0.25) is 0 Å². The van der Waals surface area contributed by atoms with Crippen LogP contribution in [0.4, 0.5) is 15.8 Å². The number of methoxy groups -OCH3 is 1. The van der Waals surface area contributed by atoms with E-state index >= 15 is 0 Å². The molecule has 0 saturated carbocycles. The highest BCUT2D eigenvalue weighted by Crippen LogP contribution is 2.35. The van der Waals surface area contributed by atoms with Crippen LogP contribution in [0.1, 0.15) is 24.2 Å². The number of esters is 1. The van der Waals surface area contributed by atoms with Crippen LogP contribution in [-0.2, 0) is 9.53 Å². The van der Waals surface area contributed by atoms with Crippen molar-refractivity contribution in [1.82, 2.24) is 0 Å². The van der Waals surface area contributed by atoms with Crippen molar-refractivity contribution in [1.29, 1.82) is 0 Å². The summed E-state index contributed by atoms with van der Waals surface area (Å²) in [5.74, 6) is -2.40. The second-order valence-electron chi connectivity index (χ2n) is 5.73. The normalized spacial score (nSPS) is 11.3. The van der Waals surface area contributed by atoms with Gasteiger partial charge in [0.05, 0.1) is 30.4 Å². The van der Waals surface area contributed by atoms with Gasteiger partial charge in [-0.15, -0.1) is 0 Å². The van der Waals surface area contributed by atoms with Crippen molar-refractivity contribution >= 4 is 23.3 Å². The number of ether oxygens (including phenoxy) is 3. The molecule has 2 rings (SSSR count). The lowest BCUT2D eigenvalue weighted by Crippen LogP contribution is -2.30. The molecule has 0 spiro atoms. The molecule has 0 saturated heterocycles. The van der Waals surface area contributed by atoms with Crippen LogP contribution in [0.25, 0.3) is 0 Å². The van der Waals surface area contributed by atoms with E-state index < -0.39 is 40.0 Å². The second-order valence-corrected chi connectivity index (χ2v) is 5.73. The molecule has 9 nitrogen and oxygen atoms in total. The Morgan fingerprint density at radius 2 is 1.93 bits per heavy atom. The minimum Gasteiger partial charge on any atom is -0.493 e. The summed E-state index contributed by atoms with van der Waals surface area (Å²) in [6.07, 6.45) is -1.35. The van der Waals surface area contributed by atoms with E-state index in [1.54, 1.807) is 6.92 Å². The number of nitrogens with one attached hydrogen (secondary N) is 1. The Balaban J connectivity index is 2.23. The molecule has 10 heteroatoms. The van der Waals surface area contributed by atoms with E-state index in [0.29, 0.717) is 0 Å². The van der Waals surface area contributed by atoms with Crippen molar-refractivity contribution in [3.8, 4) is 11.5 Å².